The monoisotopic (exact) mass is 405 g/mol. The van der Waals surface area contributed by atoms with E-state index < -0.39 is 28.8 Å². The van der Waals surface area contributed by atoms with Gasteiger partial charge in [0.05, 0.1) is 24.8 Å². The molecule has 0 aromatic heterocycles. The van der Waals surface area contributed by atoms with Crippen LogP contribution >= 0.6 is 11.8 Å². The highest BCUT2D eigenvalue weighted by Crippen LogP contribution is 2.24. The third-order valence-corrected chi connectivity index (χ3v) is 5.35. The van der Waals surface area contributed by atoms with Crippen molar-refractivity contribution in [3.63, 3.8) is 0 Å². The first kappa shape index (κ1) is 19.5. The van der Waals surface area contributed by atoms with E-state index in [1.54, 1.807) is 24.7 Å². The van der Waals surface area contributed by atoms with E-state index in [0.717, 1.165) is 16.7 Å². The number of likely N-dealkylation sites (N-methyl/N-ethyl adjacent to an activating group) is 2. The highest BCUT2D eigenvalue weighted by Gasteiger charge is 2.51. The van der Waals surface area contributed by atoms with E-state index in [9.17, 15) is 24.5 Å². The molecule has 0 radical (unpaired) electrons. The van der Waals surface area contributed by atoms with Gasteiger partial charge in [-0.25, -0.2) is 14.3 Å². The number of nitrogens with one attached hydrogen (secondary N) is 1. The molecule has 1 fully saturated rings. The van der Waals surface area contributed by atoms with Gasteiger partial charge in [-0.05, 0) is 17.8 Å². The maximum atomic E-state index is 12.3. The minimum atomic E-state index is -0.835. The van der Waals surface area contributed by atoms with Gasteiger partial charge in [0.15, 0.2) is 0 Å². The van der Waals surface area contributed by atoms with Crippen LogP contribution in [-0.4, -0.2) is 81.1 Å². The molecule has 0 spiro atoms. The number of para-hydroxylation sites is 2. The number of thioether (sulfide) groups is 1. The molecule has 1 aromatic rings. The average Bonchev–Trinajstić information content (AvgIpc) is 3.00. The van der Waals surface area contributed by atoms with Crippen molar-refractivity contribution in [2.75, 3.05) is 32.2 Å². The molecule has 1 saturated heterocycles. The summed E-state index contributed by atoms with van der Waals surface area (Å²) >= 11 is 1.07. The minimum absolute atomic E-state index is 0.0725. The molecule has 12 heteroatoms. The molecule has 0 bridgehead atoms. The fourth-order valence-corrected chi connectivity index (χ4v) is 3.70. The number of fused-ring (bicyclic) bond motifs is 1. The first-order valence-corrected chi connectivity index (χ1v) is 9.10. The van der Waals surface area contributed by atoms with E-state index in [1.807, 2.05) is 0 Å². The Morgan fingerprint density at radius 2 is 2.00 bits per heavy atom. The second-order valence-electron chi connectivity index (χ2n) is 6.08. The summed E-state index contributed by atoms with van der Waals surface area (Å²) < 4.78 is 1.59. The molecule has 4 amide bonds. The van der Waals surface area contributed by atoms with Crippen molar-refractivity contribution in [3.05, 3.63) is 34.4 Å². The second kappa shape index (κ2) is 7.38. The number of amides is 4. The van der Waals surface area contributed by atoms with Crippen LogP contribution in [0.25, 0.3) is 0 Å². The lowest BCUT2D eigenvalue weighted by atomic mass is 10.2. The Bertz CT molecular complexity index is 959. The van der Waals surface area contributed by atoms with Gasteiger partial charge in [0.25, 0.3) is 28.6 Å². The molecule has 2 aliphatic rings. The highest BCUT2D eigenvalue weighted by molar-refractivity contribution is 8.14. The van der Waals surface area contributed by atoms with Gasteiger partial charge in [-0.15, -0.1) is 4.99 Å². The van der Waals surface area contributed by atoms with Crippen molar-refractivity contribution in [3.8, 4) is 0 Å². The zero-order valence-corrected chi connectivity index (χ0v) is 16.1. The largest absolute Gasteiger partial charge is 0.388 e. The number of rotatable bonds is 4. The van der Waals surface area contributed by atoms with Gasteiger partial charge >= 0.3 is 6.03 Å². The number of anilines is 1. The summed E-state index contributed by atoms with van der Waals surface area (Å²) in [4.78, 5) is 53.7. The first-order chi connectivity index (χ1) is 13.2. The number of urea groups is 1. The SMILES string of the molecule is CN1C(=O)C2N=C(SCC(=O)Nc3ccccc3[N+](=O)[O-])[N+](C)=C2N(C)C1=O. The molecule has 2 aliphatic heterocycles. The Morgan fingerprint density at radius 1 is 1.32 bits per heavy atom. The van der Waals surface area contributed by atoms with Crippen LogP contribution in [-0.2, 0) is 9.59 Å². The number of nitro benzene ring substituents is 1. The Kier molecular flexibility index (Phi) is 5.14. The Balaban J connectivity index is 1.71. The molecule has 1 atom stereocenters. The number of amidine groups is 2. The summed E-state index contributed by atoms with van der Waals surface area (Å²) in [7, 11) is 4.59. The quantitative estimate of drug-likeness (QED) is 0.443. The van der Waals surface area contributed by atoms with Gasteiger partial charge in [0.1, 0.15) is 5.69 Å². The average molecular weight is 405 g/mol. The molecule has 0 aliphatic carbocycles. The van der Waals surface area contributed by atoms with Gasteiger partial charge in [-0.3, -0.25) is 24.6 Å². The number of nitro groups is 1. The van der Waals surface area contributed by atoms with Crippen molar-refractivity contribution in [2.24, 2.45) is 4.99 Å². The smallest absolute Gasteiger partial charge is 0.320 e. The number of benzene rings is 1. The molecule has 3 rings (SSSR count). The van der Waals surface area contributed by atoms with E-state index in [1.165, 1.54) is 30.1 Å². The molecule has 1 unspecified atom stereocenters. The van der Waals surface area contributed by atoms with Crippen molar-refractivity contribution >= 4 is 52.0 Å². The van der Waals surface area contributed by atoms with E-state index in [0.29, 0.717) is 11.0 Å². The third kappa shape index (κ3) is 3.33. The predicted octanol–water partition coefficient (Wildman–Crippen LogP) is 0.569. The van der Waals surface area contributed by atoms with Crippen LogP contribution in [0.3, 0.4) is 0 Å². The topological polar surface area (TPSA) is 128 Å². The minimum Gasteiger partial charge on any atom is -0.320 e. The molecular formula is C16H17N6O5S+. The zero-order chi connectivity index (χ0) is 20.6. The van der Waals surface area contributed by atoms with Crippen LogP contribution in [0.1, 0.15) is 0 Å². The van der Waals surface area contributed by atoms with Crippen LogP contribution in [0.2, 0.25) is 0 Å². The number of nitrogens with zero attached hydrogens (tertiary/aromatic N) is 5. The summed E-state index contributed by atoms with van der Waals surface area (Å²) in [6.07, 6.45) is 0. The second-order valence-corrected chi connectivity index (χ2v) is 7.02. The number of aliphatic imine (C=N–C) groups is 1. The Morgan fingerprint density at radius 3 is 2.68 bits per heavy atom. The maximum absolute atomic E-state index is 12.3. The molecule has 146 valence electrons. The van der Waals surface area contributed by atoms with Crippen molar-refractivity contribution in [1.29, 1.82) is 0 Å². The summed E-state index contributed by atoms with van der Waals surface area (Å²) in [6.45, 7) is 0. The van der Waals surface area contributed by atoms with Crippen LogP contribution in [0.15, 0.2) is 29.3 Å². The first-order valence-electron chi connectivity index (χ1n) is 8.12. The standard InChI is InChI=1S/C16H16N6O5S/c1-19-13-12(14(24)21(3)16(25)20(13)2)18-15(19)28-8-11(23)17-9-6-4-5-7-10(9)22(26)27/h4-7,12H,8H2,1-3H3/p+1. The summed E-state index contributed by atoms with van der Waals surface area (Å²) in [5, 5.41) is 13.9. The van der Waals surface area contributed by atoms with Gasteiger partial charge in [-0.1, -0.05) is 12.1 Å². The molecular weight excluding hydrogens is 388 g/mol. The fraction of sp³-hybridized carbons (Fsp3) is 0.312. The van der Waals surface area contributed by atoms with Crippen LogP contribution in [0.5, 0.6) is 0 Å². The molecule has 2 heterocycles. The van der Waals surface area contributed by atoms with Gasteiger partial charge in [0.2, 0.25) is 5.91 Å². The fourth-order valence-electron chi connectivity index (χ4n) is 2.90. The number of carbonyl (C=O) groups excluding carboxylic acids is 3. The highest BCUT2D eigenvalue weighted by atomic mass is 32.2. The summed E-state index contributed by atoms with van der Waals surface area (Å²) in [5.41, 5.74) is -0.100. The molecule has 1 aromatic carbocycles. The Hall–Kier alpha value is -3.28. The van der Waals surface area contributed by atoms with Gasteiger partial charge < -0.3 is 5.32 Å². The van der Waals surface area contributed by atoms with Crippen molar-refractivity contribution < 1.29 is 23.9 Å². The van der Waals surface area contributed by atoms with Crippen molar-refractivity contribution in [1.82, 2.24) is 9.80 Å². The lowest BCUT2D eigenvalue weighted by Crippen LogP contribution is -2.59. The third-order valence-electron chi connectivity index (χ3n) is 4.30. The predicted molar refractivity (Wildman–Crippen MR) is 103 cm³/mol. The molecule has 1 N–H and O–H groups in total. The van der Waals surface area contributed by atoms with Crippen LogP contribution < -0.4 is 5.32 Å². The lowest BCUT2D eigenvalue weighted by Gasteiger charge is -2.27. The maximum Gasteiger partial charge on any atom is 0.388 e. The van der Waals surface area contributed by atoms with E-state index in [4.69, 9.17) is 0 Å². The number of imide groups is 1. The molecule has 28 heavy (non-hydrogen) atoms. The van der Waals surface area contributed by atoms with E-state index in [-0.39, 0.29) is 17.1 Å². The van der Waals surface area contributed by atoms with Crippen LogP contribution in [0.4, 0.5) is 16.2 Å². The summed E-state index contributed by atoms with van der Waals surface area (Å²) in [6, 6.07) is 4.54. The number of hydrogen-bond acceptors (Lipinski definition) is 7. The van der Waals surface area contributed by atoms with E-state index in [2.05, 4.69) is 10.3 Å². The Labute approximate surface area is 163 Å². The number of carbonyl (C=O) groups is 3. The normalized spacial score (nSPS) is 19.0. The van der Waals surface area contributed by atoms with Crippen molar-refractivity contribution in [2.45, 2.75) is 6.04 Å². The van der Waals surface area contributed by atoms with Gasteiger partial charge in [0, 0.05) is 13.1 Å². The molecule has 0 saturated carbocycles. The van der Waals surface area contributed by atoms with Crippen LogP contribution in [0, 0.1) is 10.1 Å². The summed E-state index contributed by atoms with van der Waals surface area (Å²) in [5.74, 6) is -0.542. The zero-order valence-electron chi connectivity index (χ0n) is 15.3. The van der Waals surface area contributed by atoms with E-state index >= 15 is 0 Å². The lowest BCUT2D eigenvalue weighted by molar-refractivity contribution is -0.383. The molecule has 11 nitrogen and oxygen atoms in total. The van der Waals surface area contributed by atoms with Gasteiger partial charge in [-0.2, -0.15) is 0 Å². The number of hydrogen-bond donors (Lipinski definition) is 1.